The minimum absolute atomic E-state index is 0.0213. The van der Waals surface area contributed by atoms with Crippen LogP contribution in [-0.2, 0) is 19.1 Å². The molecule has 2 bridgehead atoms. The van der Waals surface area contributed by atoms with Crippen molar-refractivity contribution >= 4 is 46.3 Å². The zero-order valence-electron chi connectivity index (χ0n) is 46.6. The van der Waals surface area contributed by atoms with E-state index in [-0.39, 0.29) is 73.2 Å². The Kier molecular flexibility index (Phi) is 17.2. The molecule has 4 saturated heterocycles. The van der Waals surface area contributed by atoms with Crippen molar-refractivity contribution in [3.8, 4) is 39.2 Å². The van der Waals surface area contributed by atoms with Crippen molar-refractivity contribution in [3.63, 3.8) is 0 Å². The van der Waals surface area contributed by atoms with E-state index in [1.165, 1.54) is 4.90 Å². The summed E-state index contributed by atoms with van der Waals surface area (Å²) < 4.78 is 24.8. The number of phenols is 1. The number of aliphatic hydroxyl groups excluding tert-OH is 1. The Labute approximate surface area is 480 Å². The summed E-state index contributed by atoms with van der Waals surface area (Å²) in [6.45, 7) is 10.1. The van der Waals surface area contributed by atoms with E-state index in [0.717, 1.165) is 97.8 Å². The molecule has 4 aromatic heterocycles. The first kappa shape index (κ1) is 56.5. The molecule has 82 heavy (non-hydrogen) atoms. The third kappa shape index (κ3) is 12.8. The molecule has 6 N–H and O–H groups in total. The number of nitrogens with one attached hydrogen (secondary N) is 1. The lowest BCUT2D eigenvalue weighted by Crippen LogP contribution is -2.54. The Morgan fingerprint density at radius 2 is 1.66 bits per heavy atom. The van der Waals surface area contributed by atoms with Gasteiger partial charge in [0.1, 0.15) is 30.4 Å². The average Bonchev–Trinajstić information content (AvgIpc) is 4.41. The molecule has 5 aliphatic rings. The monoisotopic (exact) mass is 1140 g/mol. The number of amides is 2. The van der Waals surface area contributed by atoms with Gasteiger partial charge in [0.25, 0.3) is 5.88 Å². The van der Waals surface area contributed by atoms with Gasteiger partial charge in [0.05, 0.1) is 51.8 Å². The molecular weight excluding hydrogens is 1070 g/mol. The van der Waals surface area contributed by atoms with E-state index < -0.39 is 36.0 Å². The van der Waals surface area contributed by atoms with E-state index in [1.54, 1.807) is 35.0 Å². The Balaban J connectivity index is 0.613. The number of carbonyl (C=O) groups excluding carboxylic acids is 2. The number of piperazine rings is 1. The van der Waals surface area contributed by atoms with Crippen LogP contribution in [0.15, 0.2) is 89.0 Å². The van der Waals surface area contributed by atoms with Gasteiger partial charge in [-0.1, -0.05) is 50.2 Å². The largest absolute Gasteiger partial charge is 0.507 e. The first-order chi connectivity index (χ1) is 39.7. The number of rotatable bonds is 22. The van der Waals surface area contributed by atoms with Gasteiger partial charge in [0.2, 0.25) is 17.7 Å². The van der Waals surface area contributed by atoms with Gasteiger partial charge in [-0.25, -0.2) is 9.97 Å². The van der Waals surface area contributed by atoms with E-state index in [4.69, 9.17) is 24.5 Å². The van der Waals surface area contributed by atoms with Crippen LogP contribution < -0.4 is 30.3 Å². The van der Waals surface area contributed by atoms with Crippen LogP contribution in [0.25, 0.3) is 21.7 Å². The molecule has 6 aromatic rings. The van der Waals surface area contributed by atoms with Crippen molar-refractivity contribution in [1.29, 1.82) is 0 Å². The number of carboxylic acid groups (broad SMARTS) is 1. The molecule has 4 aliphatic heterocycles. The van der Waals surface area contributed by atoms with E-state index in [0.29, 0.717) is 54.7 Å². The van der Waals surface area contributed by atoms with Crippen LogP contribution in [0.3, 0.4) is 0 Å². The lowest BCUT2D eigenvalue weighted by atomic mass is 9.91. The number of β-amino-alcohol motifs (C(OH)–C–C–N with tert-alkyl or cyclic N) is 1. The van der Waals surface area contributed by atoms with Gasteiger partial charge in [-0.05, 0) is 91.9 Å². The van der Waals surface area contributed by atoms with Crippen LogP contribution >= 0.6 is 11.3 Å². The summed E-state index contributed by atoms with van der Waals surface area (Å²) >= 11 is 1.54. The maximum atomic E-state index is 14.4. The van der Waals surface area contributed by atoms with Crippen molar-refractivity contribution in [3.05, 3.63) is 102 Å². The van der Waals surface area contributed by atoms with Gasteiger partial charge in [0.15, 0.2) is 11.6 Å². The van der Waals surface area contributed by atoms with Gasteiger partial charge in [-0.3, -0.25) is 19.3 Å². The molecular formula is C60H73N11O10S. The lowest BCUT2D eigenvalue weighted by molar-refractivity contribution is -0.141. The smallest absolute Gasteiger partial charge is 0.303 e. The Morgan fingerprint density at radius 1 is 0.890 bits per heavy atom. The van der Waals surface area contributed by atoms with Crippen LogP contribution in [0.4, 0.5) is 17.2 Å². The molecule has 3 unspecified atom stereocenters. The Hall–Kier alpha value is -7.40. The summed E-state index contributed by atoms with van der Waals surface area (Å²) in [5, 5.41) is 46.5. The van der Waals surface area contributed by atoms with E-state index >= 15 is 0 Å². The number of aromatic nitrogens is 5. The molecule has 434 valence electrons. The second-order valence-electron chi connectivity index (χ2n) is 22.8. The Morgan fingerprint density at radius 3 is 2.38 bits per heavy atom. The zero-order valence-corrected chi connectivity index (χ0v) is 47.4. The number of nitrogens with two attached hydrogens (primary N) is 1. The number of hydrogen-bond acceptors (Lipinski definition) is 19. The van der Waals surface area contributed by atoms with Gasteiger partial charge in [0, 0.05) is 107 Å². The SMILES string of the molecule is Cc1ncsc1-c1ccc([C@@H](CCCC(=O)O)NC(=O)[C@@H]2C[C@@H](O)CN2C(=O)C(c2cc(OCCN3CCC(OC4CC(Oc5cc(N6C7CCC6CN(c6cc(-c8ccccc8O)nnc6N)C7)ccn5)C4)CC3)no2)C(C)C)cc1. The number of fused-ring (bicyclic) bond motifs is 2. The number of para-hydroxylation sites is 1. The van der Waals surface area contributed by atoms with Crippen LogP contribution in [0, 0.1) is 12.8 Å². The number of phenolic OH excluding ortho intramolecular Hbond substituents is 1. The second-order valence-corrected chi connectivity index (χ2v) is 23.7. The molecule has 8 heterocycles. The van der Waals surface area contributed by atoms with Crippen LogP contribution in [0.1, 0.15) is 107 Å². The van der Waals surface area contributed by atoms with Gasteiger partial charge in [-0.15, -0.1) is 21.5 Å². The van der Waals surface area contributed by atoms with E-state index in [1.807, 2.05) is 69.4 Å². The highest BCUT2D eigenvalue weighted by molar-refractivity contribution is 7.13. The fraction of sp³-hybridized carbons (Fsp3) is 0.500. The number of nitrogen functional groups attached to an aromatic ring is 1. The molecule has 22 heteroatoms. The number of aromatic hydroxyl groups is 1. The molecule has 21 nitrogen and oxygen atoms in total. The summed E-state index contributed by atoms with van der Waals surface area (Å²) in [7, 11) is 0. The summed E-state index contributed by atoms with van der Waals surface area (Å²) in [6.07, 6.45) is 7.55. The summed E-state index contributed by atoms with van der Waals surface area (Å²) in [5.74, 6) is -0.996. The third-order valence-electron chi connectivity index (χ3n) is 16.9. The van der Waals surface area contributed by atoms with Crippen molar-refractivity contribution in [2.24, 2.45) is 5.92 Å². The number of nitrogens with zero attached hydrogens (tertiary/aromatic N) is 9. The molecule has 1 saturated carbocycles. The average molecular weight is 1140 g/mol. The highest BCUT2D eigenvalue weighted by atomic mass is 32.1. The molecule has 0 radical (unpaired) electrons. The fourth-order valence-electron chi connectivity index (χ4n) is 12.5. The summed E-state index contributed by atoms with van der Waals surface area (Å²) in [4.78, 5) is 58.6. The van der Waals surface area contributed by atoms with Gasteiger partial charge in [-0.2, -0.15) is 0 Å². The first-order valence-corrected chi connectivity index (χ1v) is 29.6. The lowest BCUT2D eigenvalue weighted by Gasteiger charge is -2.43. The number of carbonyl (C=O) groups is 3. The molecule has 6 atom stereocenters. The minimum atomic E-state index is -0.950. The normalized spacial score (nSPS) is 22.7. The first-order valence-electron chi connectivity index (χ1n) is 28.8. The fourth-order valence-corrected chi connectivity index (χ4v) is 13.3. The van der Waals surface area contributed by atoms with Gasteiger partial charge < -0.3 is 59.8 Å². The van der Waals surface area contributed by atoms with E-state index in [2.05, 4.69) is 57.5 Å². The van der Waals surface area contributed by atoms with Crippen LogP contribution in [0.5, 0.6) is 17.5 Å². The van der Waals surface area contributed by atoms with E-state index in [9.17, 15) is 29.7 Å². The highest BCUT2D eigenvalue weighted by Gasteiger charge is 2.45. The van der Waals surface area contributed by atoms with Crippen LogP contribution in [0.2, 0.25) is 0 Å². The number of anilines is 3. The molecule has 2 aromatic carbocycles. The minimum Gasteiger partial charge on any atom is -0.507 e. The summed E-state index contributed by atoms with van der Waals surface area (Å²) in [6, 6.07) is 21.7. The number of benzene rings is 2. The highest BCUT2D eigenvalue weighted by Crippen LogP contribution is 2.41. The number of aliphatic hydroxyl groups is 1. The quantitative estimate of drug-likeness (QED) is 0.0443. The molecule has 5 fully saturated rings. The second kappa shape index (κ2) is 25.0. The predicted octanol–water partition coefficient (Wildman–Crippen LogP) is 7.39. The van der Waals surface area contributed by atoms with Gasteiger partial charge >= 0.3 is 5.97 Å². The summed E-state index contributed by atoms with van der Waals surface area (Å²) in [5.41, 5.74) is 14.1. The number of hydrogen-bond donors (Lipinski definition) is 5. The third-order valence-corrected chi connectivity index (χ3v) is 17.8. The predicted molar refractivity (Wildman–Crippen MR) is 308 cm³/mol. The maximum Gasteiger partial charge on any atom is 0.303 e. The van der Waals surface area contributed by atoms with Crippen molar-refractivity contribution in [2.75, 3.05) is 61.4 Å². The number of pyridine rings is 1. The number of likely N-dealkylation sites (tertiary alicyclic amines) is 2. The molecule has 2 amide bonds. The van der Waals surface area contributed by atoms with Crippen molar-refractivity contribution in [1.82, 2.24) is 40.4 Å². The topological polar surface area (TPSA) is 268 Å². The number of piperidine rings is 1. The van der Waals surface area contributed by atoms with Crippen molar-refractivity contribution < 1.29 is 48.4 Å². The molecule has 11 rings (SSSR count). The number of aryl methyl sites for hydroxylation is 1. The molecule has 1 aliphatic carbocycles. The van der Waals surface area contributed by atoms with Crippen molar-refractivity contribution in [2.45, 2.75) is 139 Å². The van der Waals surface area contributed by atoms with Crippen LogP contribution in [-0.4, -0.2) is 157 Å². The molecule has 0 spiro atoms. The zero-order chi connectivity index (χ0) is 57.0. The standard InChI is InChI=1S/C60H73N11O10S/c1-35(2)56(60(77)70-33-42(72)26-50(70)59(76)64-47(8-6-10-55(74)75)37-11-13-38(14-12-37)57-36(3)63-34-82-57)52-30-54(67-81-52)78-24-23-68-21-18-43(19-22-68)79-44-27-45(28-44)80-53-25-39(17-20-62-53)71-40-15-16-41(71)32-69(31-40)49-29-48(65-66-58(49)61)46-7-4-5-9-51(46)73/h4-5,7,9,11-14,17,20,25,29-30,34-35,40-45,47,50,56,72-73H,6,8,10,15-16,18-19,21-24,26-28,31-33H2,1-3H3,(H2,61,66)(H,64,76)(H,74,75)/t40?,41?,42-,44?,45?,47-,50+,56?/m1/s1. The Bertz CT molecular complexity index is 3170. The number of aliphatic carboxylic acids is 1. The number of carboxylic acids is 1. The maximum absolute atomic E-state index is 14.4. The number of ether oxygens (including phenoxy) is 3. The number of thiazole rings is 1.